The third-order valence-electron chi connectivity index (χ3n) is 4.90. The van der Waals surface area contributed by atoms with Crippen molar-refractivity contribution in [1.29, 1.82) is 0 Å². The summed E-state index contributed by atoms with van der Waals surface area (Å²) in [6.45, 7) is 1.81. The van der Waals surface area contributed by atoms with Crippen LogP contribution < -0.4 is 15.0 Å². The molecular formula is C20H22N4O4. The fourth-order valence-corrected chi connectivity index (χ4v) is 3.26. The summed E-state index contributed by atoms with van der Waals surface area (Å²) in [4.78, 5) is 14.4. The fraction of sp³-hybridized carbons (Fsp3) is 0.350. The van der Waals surface area contributed by atoms with Gasteiger partial charge >= 0.3 is 6.01 Å². The third kappa shape index (κ3) is 4.00. The van der Waals surface area contributed by atoms with Gasteiger partial charge in [-0.15, -0.1) is 5.10 Å². The lowest BCUT2D eigenvalue weighted by Gasteiger charge is -2.29. The second kappa shape index (κ2) is 8.16. The first-order valence-corrected chi connectivity index (χ1v) is 9.26. The predicted octanol–water partition coefficient (Wildman–Crippen LogP) is 2.87. The maximum atomic E-state index is 12.3. The molecule has 1 aliphatic heterocycles. The molecule has 1 saturated heterocycles. The van der Waals surface area contributed by atoms with Gasteiger partial charge in [0, 0.05) is 24.6 Å². The second-order valence-corrected chi connectivity index (χ2v) is 6.68. The number of benzene rings is 1. The van der Waals surface area contributed by atoms with Gasteiger partial charge in [0.25, 0.3) is 0 Å². The van der Waals surface area contributed by atoms with E-state index in [1.165, 1.54) is 0 Å². The Morgan fingerprint density at radius 3 is 2.68 bits per heavy atom. The van der Waals surface area contributed by atoms with Gasteiger partial charge < -0.3 is 23.8 Å². The number of amides is 1. The summed E-state index contributed by atoms with van der Waals surface area (Å²) in [5.74, 6) is 2.03. The topological polar surface area (TPSA) is 93.6 Å². The summed E-state index contributed by atoms with van der Waals surface area (Å²) in [6.07, 6.45) is 3.08. The number of anilines is 1. The van der Waals surface area contributed by atoms with Crippen LogP contribution in [0.5, 0.6) is 5.75 Å². The lowest BCUT2D eigenvalue weighted by molar-refractivity contribution is -0.125. The number of carbonyl (C=O) groups is 1. The molecule has 1 N–H and O–H groups in total. The Balaban J connectivity index is 1.31. The van der Waals surface area contributed by atoms with Crippen LogP contribution in [0, 0.1) is 5.92 Å². The maximum Gasteiger partial charge on any atom is 0.318 e. The molecule has 8 heteroatoms. The van der Waals surface area contributed by atoms with Crippen molar-refractivity contribution in [2.45, 2.75) is 19.4 Å². The monoisotopic (exact) mass is 382 g/mol. The highest BCUT2D eigenvalue weighted by molar-refractivity contribution is 5.78. The van der Waals surface area contributed by atoms with Gasteiger partial charge in [-0.1, -0.05) is 5.10 Å². The van der Waals surface area contributed by atoms with Gasteiger partial charge in [0.15, 0.2) is 0 Å². The van der Waals surface area contributed by atoms with Crippen LogP contribution in [0.1, 0.15) is 18.6 Å². The van der Waals surface area contributed by atoms with E-state index in [2.05, 4.69) is 15.5 Å². The quantitative estimate of drug-likeness (QED) is 0.700. The molecule has 1 aliphatic rings. The normalized spacial score (nSPS) is 14.8. The van der Waals surface area contributed by atoms with Crippen LogP contribution in [0.15, 0.2) is 51.5 Å². The van der Waals surface area contributed by atoms with Gasteiger partial charge in [-0.3, -0.25) is 4.79 Å². The Labute approximate surface area is 162 Å². The number of aromatic nitrogens is 2. The molecule has 0 unspecified atom stereocenters. The highest BCUT2D eigenvalue weighted by Gasteiger charge is 2.27. The molecule has 0 atom stereocenters. The summed E-state index contributed by atoms with van der Waals surface area (Å²) >= 11 is 0. The zero-order valence-corrected chi connectivity index (χ0v) is 15.6. The standard InChI is InChI=1S/C20H22N4O4/c1-26-16-6-4-15(5-7-16)19-22-23-20(28-19)24-10-8-14(9-11-24)18(25)21-13-17-3-2-12-27-17/h2-7,12,14H,8-11,13H2,1H3,(H,21,25). The molecule has 8 nitrogen and oxygen atoms in total. The number of piperidine rings is 1. The van der Waals surface area contributed by atoms with Crippen molar-refractivity contribution in [1.82, 2.24) is 15.5 Å². The first-order valence-electron chi connectivity index (χ1n) is 9.26. The highest BCUT2D eigenvalue weighted by atomic mass is 16.5. The number of rotatable bonds is 6. The number of hydrogen-bond acceptors (Lipinski definition) is 7. The molecule has 1 fully saturated rings. The molecular weight excluding hydrogens is 360 g/mol. The van der Waals surface area contributed by atoms with E-state index >= 15 is 0 Å². The molecule has 2 aromatic heterocycles. The maximum absolute atomic E-state index is 12.3. The van der Waals surface area contributed by atoms with E-state index in [0.717, 1.165) is 29.9 Å². The number of nitrogens with zero attached hydrogens (tertiary/aromatic N) is 3. The van der Waals surface area contributed by atoms with E-state index in [0.29, 0.717) is 31.5 Å². The number of ether oxygens (including phenoxy) is 1. The number of furan rings is 1. The summed E-state index contributed by atoms with van der Waals surface area (Å²) in [5, 5.41) is 11.2. The van der Waals surface area contributed by atoms with Gasteiger partial charge in [0.1, 0.15) is 11.5 Å². The zero-order valence-electron chi connectivity index (χ0n) is 15.6. The van der Waals surface area contributed by atoms with E-state index in [1.807, 2.05) is 41.3 Å². The Morgan fingerprint density at radius 2 is 2.00 bits per heavy atom. The number of nitrogens with one attached hydrogen (secondary N) is 1. The molecule has 1 amide bonds. The Morgan fingerprint density at radius 1 is 1.21 bits per heavy atom. The van der Waals surface area contributed by atoms with Crippen molar-refractivity contribution < 1.29 is 18.4 Å². The van der Waals surface area contributed by atoms with Crippen molar-refractivity contribution in [3.05, 3.63) is 48.4 Å². The molecule has 3 aromatic rings. The lowest BCUT2D eigenvalue weighted by atomic mass is 9.96. The molecule has 0 aliphatic carbocycles. The summed E-state index contributed by atoms with van der Waals surface area (Å²) < 4.78 is 16.2. The second-order valence-electron chi connectivity index (χ2n) is 6.68. The Bertz CT molecular complexity index is 897. The average Bonchev–Trinajstić information content (AvgIpc) is 3.44. The summed E-state index contributed by atoms with van der Waals surface area (Å²) in [6, 6.07) is 11.6. The predicted molar refractivity (Wildman–Crippen MR) is 102 cm³/mol. The van der Waals surface area contributed by atoms with Crippen LogP contribution in [-0.2, 0) is 11.3 Å². The molecule has 0 saturated carbocycles. The van der Waals surface area contributed by atoms with Crippen LogP contribution in [-0.4, -0.2) is 36.3 Å². The van der Waals surface area contributed by atoms with Gasteiger partial charge in [0.2, 0.25) is 11.8 Å². The Kier molecular flexibility index (Phi) is 5.27. The Hall–Kier alpha value is -3.29. The molecule has 146 valence electrons. The van der Waals surface area contributed by atoms with Crippen LogP contribution in [0.3, 0.4) is 0 Å². The summed E-state index contributed by atoms with van der Waals surface area (Å²) in [7, 11) is 1.63. The van der Waals surface area contributed by atoms with E-state index in [1.54, 1.807) is 13.4 Å². The lowest BCUT2D eigenvalue weighted by Crippen LogP contribution is -2.40. The molecule has 28 heavy (non-hydrogen) atoms. The number of methoxy groups -OCH3 is 1. The van der Waals surface area contributed by atoms with Crippen molar-refractivity contribution in [2.75, 3.05) is 25.1 Å². The van der Waals surface area contributed by atoms with Gasteiger partial charge in [0.05, 0.1) is 19.9 Å². The van der Waals surface area contributed by atoms with E-state index in [-0.39, 0.29) is 11.8 Å². The SMILES string of the molecule is COc1ccc(-c2nnc(N3CCC(C(=O)NCc4ccco4)CC3)o2)cc1. The molecule has 0 spiro atoms. The minimum absolute atomic E-state index is 0.0183. The van der Waals surface area contributed by atoms with Crippen LogP contribution in [0.2, 0.25) is 0 Å². The average molecular weight is 382 g/mol. The van der Waals surface area contributed by atoms with Crippen molar-refractivity contribution in [3.63, 3.8) is 0 Å². The van der Waals surface area contributed by atoms with Gasteiger partial charge in [-0.2, -0.15) is 0 Å². The van der Waals surface area contributed by atoms with Crippen LogP contribution in [0.25, 0.3) is 11.5 Å². The van der Waals surface area contributed by atoms with Gasteiger partial charge in [-0.05, 0) is 49.2 Å². The number of hydrogen-bond donors (Lipinski definition) is 1. The van der Waals surface area contributed by atoms with Crippen molar-refractivity contribution in [3.8, 4) is 17.2 Å². The summed E-state index contributed by atoms with van der Waals surface area (Å²) in [5.41, 5.74) is 0.840. The zero-order chi connectivity index (χ0) is 19.3. The highest BCUT2D eigenvalue weighted by Crippen LogP contribution is 2.27. The molecule has 0 radical (unpaired) electrons. The van der Waals surface area contributed by atoms with Crippen LogP contribution in [0.4, 0.5) is 6.01 Å². The molecule has 3 heterocycles. The minimum atomic E-state index is -0.0183. The first kappa shape index (κ1) is 18.1. The third-order valence-corrected chi connectivity index (χ3v) is 4.90. The van der Waals surface area contributed by atoms with E-state index < -0.39 is 0 Å². The van der Waals surface area contributed by atoms with Gasteiger partial charge in [-0.25, -0.2) is 0 Å². The molecule has 1 aromatic carbocycles. The van der Waals surface area contributed by atoms with Crippen molar-refractivity contribution in [2.24, 2.45) is 5.92 Å². The molecule has 4 rings (SSSR count). The molecule has 0 bridgehead atoms. The smallest absolute Gasteiger partial charge is 0.318 e. The minimum Gasteiger partial charge on any atom is -0.497 e. The first-order chi connectivity index (χ1) is 13.7. The number of carbonyl (C=O) groups excluding carboxylic acids is 1. The fourth-order valence-electron chi connectivity index (χ4n) is 3.26. The largest absolute Gasteiger partial charge is 0.497 e. The van der Waals surface area contributed by atoms with E-state index in [9.17, 15) is 4.79 Å². The van der Waals surface area contributed by atoms with Crippen molar-refractivity contribution >= 4 is 11.9 Å². The van der Waals surface area contributed by atoms with Crippen LogP contribution >= 0.6 is 0 Å². The van der Waals surface area contributed by atoms with E-state index in [4.69, 9.17) is 13.6 Å².